The van der Waals surface area contributed by atoms with Crippen molar-refractivity contribution < 1.29 is 4.39 Å². The van der Waals surface area contributed by atoms with Gasteiger partial charge in [-0.15, -0.1) is 0 Å². The molecule has 0 saturated carbocycles. The summed E-state index contributed by atoms with van der Waals surface area (Å²) < 4.78 is 14.4. The maximum Gasteiger partial charge on any atom is 0.124 e. The Bertz CT molecular complexity index is 635. The van der Waals surface area contributed by atoms with Gasteiger partial charge in [0.15, 0.2) is 0 Å². The maximum absolute atomic E-state index is 13.0. The van der Waals surface area contributed by atoms with Crippen molar-refractivity contribution in [3.05, 3.63) is 56.7 Å². The zero-order valence-electron chi connectivity index (χ0n) is 9.05. The van der Waals surface area contributed by atoms with E-state index in [1.54, 1.807) is 24.3 Å². The van der Waals surface area contributed by atoms with E-state index >= 15 is 0 Å². The van der Waals surface area contributed by atoms with Crippen LogP contribution in [-0.2, 0) is 0 Å². The van der Waals surface area contributed by atoms with E-state index in [9.17, 15) is 4.39 Å². The minimum atomic E-state index is -0.300. The van der Waals surface area contributed by atoms with Gasteiger partial charge < -0.3 is 5.32 Å². The van der Waals surface area contributed by atoms with E-state index in [0.29, 0.717) is 10.0 Å². The molecule has 90 valence electrons. The van der Waals surface area contributed by atoms with Crippen molar-refractivity contribution in [2.24, 2.45) is 0 Å². The summed E-state index contributed by atoms with van der Waals surface area (Å²) in [6.07, 6.45) is 0. The number of nitrogens with zero attached hydrogens (tertiary/aromatic N) is 1. The van der Waals surface area contributed by atoms with Crippen LogP contribution in [0.2, 0.25) is 0 Å². The molecule has 0 saturated heterocycles. The van der Waals surface area contributed by atoms with Gasteiger partial charge in [-0.1, -0.05) is 0 Å². The molecule has 0 heterocycles. The van der Waals surface area contributed by atoms with Crippen LogP contribution in [0.3, 0.4) is 0 Å². The summed E-state index contributed by atoms with van der Waals surface area (Å²) >= 11 is 6.67. The monoisotopic (exact) mass is 368 g/mol. The number of anilines is 2. The second-order valence-electron chi connectivity index (χ2n) is 3.56. The molecule has 0 bridgehead atoms. The fourth-order valence-electron chi connectivity index (χ4n) is 1.42. The largest absolute Gasteiger partial charge is 0.354 e. The van der Waals surface area contributed by atoms with E-state index in [2.05, 4.69) is 43.2 Å². The van der Waals surface area contributed by atoms with Crippen molar-refractivity contribution in [2.45, 2.75) is 0 Å². The molecule has 0 aliphatic rings. The van der Waals surface area contributed by atoms with Gasteiger partial charge in [0.1, 0.15) is 5.82 Å². The van der Waals surface area contributed by atoms with Gasteiger partial charge in [-0.25, -0.2) is 4.39 Å². The highest BCUT2D eigenvalue weighted by molar-refractivity contribution is 9.11. The smallest absolute Gasteiger partial charge is 0.124 e. The number of halogens is 3. The fourth-order valence-corrected chi connectivity index (χ4v) is 2.35. The van der Waals surface area contributed by atoms with Crippen LogP contribution in [0.5, 0.6) is 0 Å². The molecule has 2 rings (SSSR count). The number of nitriles is 1. The molecule has 2 aromatic carbocycles. The number of rotatable bonds is 2. The summed E-state index contributed by atoms with van der Waals surface area (Å²) in [6.45, 7) is 0. The van der Waals surface area contributed by atoms with Crippen LogP contribution >= 0.6 is 31.9 Å². The minimum Gasteiger partial charge on any atom is -0.354 e. The molecule has 0 radical (unpaired) electrons. The molecule has 0 aliphatic carbocycles. The second-order valence-corrected chi connectivity index (χ2v) is 5.26. The molecule has 0 aliphatic heterocycles. The quantitative estimate of drug-likeness (QED) is 0.811. The summed E-state index contributed by atoms with van der Waals surface area (Å²) in [5, 5.41) is 11.9. The van der Waals surface area contributed by atoms with Gasteiger partial charge in [0.2, 0.25) is 0 Å². The molecule has 0 amide bonds. The molecule has 2 nitrogen and oxygen atoms in total. The van der Waals surface area contributed by atoms with E-state index in [0.717, 1.165) is 15.8 Å². The van der Waals surface area contributed by atoms with Gasteiger partial charge in [-0.2, -0.15) is 5.26 Å². The van der Waals surface area contributed by atoms with Crippen LogP contribution in [0.25, 0.3) is 0 Å². The van der Waals surface area contributed by atoms with Crippen LogP contribution in [0.4, 0.5) is 15.8 Å². The molecule has 18 heavy (non-hydrogen) atoms. The lowest BCUT2D eigenvalue weighted by Crippen LogP contribution is -1.93. The van der Waals surface area contributed by atoms with E-state index in [-0.39, 0.29) is 5.82 Å². The summed E-state index contributed by atoms with van der Waals surface area (Å²) in [6, 6.07) is 11.7. The standard InChI is InChI=1S/C13H7Br2FN2/c14-10-5-8(7-17)1-3-12(10)18-13-4-2-9(16)6-11(13)15/h1-6,18H. The van der Waals surface area contributed by atoms with Crippen LogP contribution in [0, 0.1) is 17.1 Å². The molecule has 0 unspecified atom stereocenters. The van der Waals surface area contributed by atoms with Gasteiger partial charge in [0, 0.05) is 8.95 Å². The number of benzene rings is 2. The van der Waals surface area contributed by atoms with Crippen LogP contribution in [0.1, 0.15) is 5.56 Å². The molecule has 0 atom stereocenters. The van der Waals surface area contributed by atoms with Crippen LogP contribution < -0.4 is 5.32 Å². The van der Waals surface area contributed by atoms with Crippen molar-refractivity contribution in [2.75, 3.05) is 5.32 Å². The SMILES string of the molecule is N#Cc1ccc(Nc2ccc(F)cc2Br)c(Br)c1. The Kier molecular flexibility index (Phi) is 4.00. The maximum atomic E-state index is 13.0. The highest BCUT2D eigenvalue weighted by atomic mass is 79.9. The highest BCUT2D eigenvalue weighted by Gasteiger charge is 2.05. The molecular weight excluding hydrogens is 363 g/mol. The third-order valence-electron chi connectivity index (χ3n) is 2.30. The predicted octanol–water partition coefficient (Wildman–Crippen LogP) is 4.97. The summed E-state index contributed by atoms with van der Waals surface area (Å²) in [5.41, 5.74) is 2.13. The molecular formula is C13H7Br2FN2. The van der Waals surface area contributed by atoms with Crippen LogP contribution in [-0.4, -0.2) is 0 Å². The summed E-state index contributed by atoms with van der Waals surface area (Å²) in [4.78, 5) is 0. The summed E-state index contributed by atoms with van der Waals surface area (Å²) in [7, 11) is 0. The van der Waals surface area contributed by atoms with E-state index < -0.39 is 0 Å². The molecule has 0 aromatic heterocycles. The lowest BCUT2D eigenvalue weighted by atomic mass is 10.2. The molecule has 5 heteroatoms. The first-order chi connectivity index (χ1) is 8.60. The van der Waals surface area contributed by atoms with Crippen molar-refractivity contribution in [1.82, 2.24) is 0 Å². The predicted molar refractivity (Wildman–Crippen MR) is 76.2 cm³/mol. The average molecular weight is 370 g/mol. The van der Waals surface area contributed by atoms with E-state index in [1.807, 2.05) is 0 Å². The molecule has 0 spiro atoms. The van der Waals surface area contributed by atoms with Crippen molar-refractivity contribution >= 4 is 43.2 Å². The minimum absolute atomic E-state index is 0.300. The third-order valence-corrected chi connectivity index (χ3v) is 3.61. The molecule has 0 fully saturated rings. The second kappa shape index (κ2) is 5.51. The third kappa shape index (κ3) is 2.89. The Balaban J connectivity index is 2.32. The topological polar surface area (TPSA) is 35.8 Å². The Hall–Kier alpha value is -1.38. The number of nitrogens with one attached hydrogen (secondary N) is 1. The highest BCUT2D eigenvalue weighted by Crippen LogP contribution is 2.30. The van der Waals surface area contributed by atoms with Gasteiger partial charge in [-0.05, 0) is 68.3 Å². The first kappa shape index (κ1) is 13.1. The average Bonchev–Trinajstić information content (AvgIpc) is 2.34. The summed E-state index contributed by atoms with van der Waals surface area (Å²) in [5.74, 6) is -0.300. The Morgan fingerprint density at radius 3 is 2.17 bits per heavy atom. The first-order valence-corrected chi connectivity index (χ1v) is 6.60. The van der Waals surface area contributed by atoms with Gasteiger partial charge in [0.05, 0.1) is 23.0 Å². The fraction of sp³-hybridized carbons (Fsp3) is 0. The van der Waals surface area contributed by atoms with E-state index in [1.165, 1.54) is 12.1 Å². The van der Waals surface area contributed by atoms with Gasteiger partial charge in [-0.3, -0.25) is 0 Å². The zero-order chi connectivity index (χ0) is 13.1. The van der Waals surface area contributed by atoms with Gasteiger partial charge >= 0.3 is 0 Å². The number of hydrogen-bond donors (Lipinski definition) is 1. The number of hydrogen-bond acceptors (Lipinski definition) is 2. The lowest BCUT2D eigenvalue weighted by molar-refractivity contribution is 0.627. The first-order valence-electron chi connectivity index (χ1n) is 5.02. The van der Waals surface area contributed by atoms with Gasteiger partial charge in [0.25, 0.3) is 0 Å². The molecule has 1 N–H and O–H groups in total. The van der Waals surface area contributed by atoms with Crippen molar-refractivity contribution in [3.63, 3.8) is 0 Å². The van der Waals surface area contributed by atoms with Crippen LogP contribution in [0.15, 0.2) is 45.3 Å². The Labute approximate surface area is 121 Å². The zero-order valence-corrected chi connectivity index (χ0v) is 12.2. The Morgan fingerprint density at radius 2 is 1.61 bits per heavy atom. The normalized spacial score (nSPS) is 9.89. The molecule has 2 aromatic rings. The Morgan fingerprint density at radius 1 is 1.00 bits per heavy atom. The van der Waals surface area contributed by atoms with Crippen molar-refractivity contribution in [1.29, 1.82) is 5.26 Å². The van der Waals surface area contributed by atoms with Crippen molar-refractivity contribution in [3.8, 4) is 6.07 Å². The lowest BCUT2D eigenvalue weighted by Gasteiger charge is -2.10. The van der Waals surface area contributed by atoms with E-state index in [4.69, 9.17) is 5.26 Å².